The predicted molar refractivity (Wildman–Crippen MR) is 129 cm³/mol. The van der Waals surface area contributed by atoms with Gasteiger partial charge in [0.25, 0.3) is 0 Å². The molecule has 0 saturated heterocycles. The number of aryl methyl sites for hydroxylation is 1. The molecule has 1 aliphatic carbocycles. The Kier molecular flexibility index (Phi) is 4.55. The van der Waals surface area contributed by atoms with Crippen LogP contribution in [0.2, 0.25) is 0 Å². The van der Waals surface area contributed by atoms with Crippen molar-refractivity contribution in [2.45, 2.75) is 28.7 Å². The number of anilines is 1. The number of hydrogen-bond acceptors (Lipinski definition) is 7. The van der Waals surface area contributed by atoms with Gasteiger partial charge in [-0.15, -0.1) is 11.3 Å². The molecule has 9 heteroatoms. The van der Waals surface area contributed by atoms with E-state index in [1.807, 2.05) is 42.1 Å². The van der Waals surface area contributed by atoms with E-state index in [9.17, 15) is 4.21 Å². The molecule has 0 radical (unpaired) electrons. The summed E-state index contributed by atoms with van der Waals surface area (Å²) in [6.45, 7) is 0. The Morgan fingerprint density at radius 1 is 1.19 bits per heavy atom. The molecule has 160 valence electrons. The van der Waals surface area contributed by atoms with Crippen molar-refractivity contribution in [3.63, 3.8) is 0 Å². The first kappa shape index (κ1) is 19.5. The fourth-order valence-corrected chi connectivity index (χ4v) is 7.29. The van der Waals surface area contributed by atoms with E-state index in [2.05, 4.69) is 15.1 Å². The molecule has 0 aromatic carbocycles. The lowest BCUT2D eigenvalue weighted by Crippen LogP contribution is -2.23. The van der Waals surface area contributed by atoms with E-state index in [0.717, 1.165) is 61.6 Å². The van der Waals surface area contributed by atoms with Gasteiger partial charge in [0.1, 0.15) is 9.04 Å². The molecule has 5 aromatic heterocycles. The molecule has 32 heavy (non-hydrogen) atoms. The van der Waals surface area contributed by atoms with Crippen molar-refractivity contribution in [3.8, 4) is 22.5 Å². The Hall–Kier alpha value is -3.17. The summed E-state index contributed by atoms with van der Waals surface area (Å²) in [7, 11) is 0.798. The van der Waals surface area contributed by atoms with Crippen LogP contribution >= 0.6 is 11.3 Å². The smallest absolute Gasteiger partial charge is 0.159 e. The molecule has 1 aliphatic rings. The summed E-state index contributed by atoms with van der Waals surface area (Å²) >= 11 is 1.44. The van der Waals surface area contributed by atoms with Gasteiger partial charge in [-0.25, -0.2) is 15.0 Å². The van der Waals surface area contributed by atoms with Crippen molar-refractivity contribution in [2.75, 3.05) is 5.73 Å². The average Bonchev–Trinajstić information content (AvgIpc) is 3.34. The number of thiophene rings is 1. The summed E-state index contributed by atoms with van der Waals surface area (Å²) in [5.41, 5.74) is 11.4. The SMILES string of the molecule is Cn1nccc1-c1cc(-c2cnc3ncccc3c2)nc2sc(S(=O)C3CCC3)c(N)c12. The normalized spacial score (nSPS) is 15.3. The van der Waals surface area contributed by atoms with Gasteiger partial charge < -0.3 is 5.73 Å². The van der Waals surface area contributed by atoms with E-state index in [-0.39, 0.29) is 5.25 Å². The third-order valence-electron chi connectivity index (χ3n) is 6.05. The zero-order valence-corrected chi connectivity index (χ0v) is 19.0. The molecule has 2 N–H and O–H groups in total. The lowest BCUT2D eigenvalue weighted by atomic mass is 10.0. The van der Waals surface area contributed by atoms with Crippen molar-refractivity contribution in [1.29, 1.82) is 0 Å². The van der Waals surface area contributed by atoms with Gasteiger partial charge in [0.15, 0.2) is 5.65 Å². The van der Waals surface area contributed by atoms with Crippen molar-refractivity contribution in [1.82, 2.24) is 24.7 Å². The monoisotopic (exact) mass is 460 g/mol. The average molecular weight is 461 g/mol. The van der Waals surface area contributed by atoms with Crippen molar-refractivity contribution < 1.29 is 4.21 Å². The summed E-state index contributed by atoms with van der Waals surface area (Å²) in [6, 6.07) is 9.91. The third-order valence-corrected chi connectivity index (χ3v) is 9.35. The molecule has 5 heterocycles. The number of nitrogens with zero attached hydrogens (tertiary/aromatic N) is 5. The minimum absolute atomic E-state index is 0.196. The fraction of sp³-hybridized carbons (Fsp3) is 0.217. The second kappa shape index (κ2) is 7.46. The molecular formula is C23H20N6OS2. The molecule has 1 saturated carbocycles. The first-order valence-corrected chi connectivity index (χ1v) is 12.5. The molecule has 1 unspecified atom stereocenters. The lowest BCUT2D eigenvalue weighted by Gasteiger charge is -2.23. The molecule has 0 amide bonds. The van der Waals surface area contributed by atoms with E-state index < -0.39 is 10.8 Å². The highest BCUT2D eigenvalue weighted by Gasteiger charge is 2.30. The van der Waals surface area contributed by atoms with Crippen LogP contribution in [0.3, 0.4) is 0 Å². The van der Waals surface area contributed by atoms with Gasteiger partial charge in [-0.2, -0.15) is 5.10 Å². The number of nitrogens with two attached hydrogens (primary N) is 1. The maximum Gasteiger partial charge on any atom is 0.159 e. The van der Waals surface area contributed by atoms with Gasteiger partial charge in [-0.05, 0) is 43.2 Å². The van der Waals surface area contributed by atoms with Crippen molar-refractivity contribution in [3.05, 3.63) is 48.9 Å². The van der Waals surface area contributed by atoms with Crippen LogP contribution in [0.4, 0.5) is 5.69 Å². The summed E-state index contributed by atoms with van der Waals surface area (Å²) in [4.78, 5) is 14.5. The van der Waals surface area contributed by atoms with Crippen LogP contribution in [0.1, 0.15) is 19.3 Å². The van der Waals surface area contributed by atoms with Gasteiger partial charge in [0.05, 0.1) is 27.9 Å². The molecule has 1 fully saturated rings. The zero-order chi connectivity index (χ0) is 21.8. The van der Waals surface area contributed by atoms with E-state index >= 15 is 0 Å². The van der Waals surface area contributed by atoms with Crippen LogP contribution in [0.25, 0.3) is 43.8 Å². The summed E-state index contributed by atoms with van der Waals surface area (Å²) in [6.07, 6.45) is 8.40. The van der Waals surface area contributed by atoms with E-state index in [1.54, 1.807) is 18.6 Å². The Labute approximate surface area is 190 Å². The number of rotatable bonds is 4. The van der Waals surface area contributed by atoms with Crippen molar-refractivity contribution in [2.24, 2.45) is 7.05 Å². The summed E-state index contributed by atoms with van der Waals surface area (Å²) < 4.78 is 15.7. The first-order chi connectivity index (χ1) is 15.6. The molecule has 0 aliphatic heterocycles. The summed E-state index contributed by atoms with van der Waals surface area (Å²) in [5.74, 6) is 0. The summed E-state index contributed by atoms with van der Waals surface area (Å²) in [5, 5.41) is 6.34. The third kappa shape index (κ3) is 3.03. The van der Waals surface area contributed by atoms with Crippen LogP contribution in [0.5, 0.6) is 0 Å². The van der Waals surface area contributed by atoms with Crippen LogP contribution in [-0.2, 0) is 17.8 Å². The second-order valence-corrected chi connectivity index (χ2v) is 10.9. The zero-order valence-electron chi connectivity index (χ0n) is 17.4. The van der Waals surface area contributed by atoms with Gasteiger partial charge >= 0.3 is 0 Å². The number of fused-ring (bicyclic) bond motifs is 2. The Morgan fingerprint density at radius 2 is 2.06 bits per heavy atom. The van der Waals surface area contributed by atoms with Crippen molar-refractivity contribution >= 4 is 49.1 Å². The van der Waals surface area contributed by atoms with E-state index in [0.29, 0.717) is 11.3 Å². The molecule has 6 rings (SSSR count). The Morgan fingerprint density at radius 3 is 2.81 bits per heavy atom. The minimum atomic E-state index is -1.11. The van der Waals surface area contributed by atoms with Gasteiger partial charge in [-0.1, -0.05) is 6.42 Å². The highest BCUT2D eigenvalue weighted by Crippen LogP contribution is 2.44. The van der Waals surface area contributed by atoms with Crippen LogP contribution in [0.15, 0.2) is 53.1 Å². The second-order valence-electron chi connectivity index (χ2n) is 8.00. The first-order valence-electron chi connectivity index (χ1n) is 10.4. The van der Waals surface area contributed by atoms with E-state index in [4.69, 9.17) is 10.7 Å². The molecule has 0 bridgehead atoms. The lowest BCUT2D eigenvalue weighted by molar-refractivity contribution is 0.505. The maximum absolute atomic E-state index is 13.2. The Bertz CT molecular complexity index is 1520. The van der Waals surface area contributed by atoms with Crippen LogP contribution in [0, 0.1) is 0 Å². The molecule has 0 spiro atoms. The minimum Gasteiger partial charge on any atom is -0.396 e. The van der Waals surface area contributed by atoms with E-state index in [1.165, 1.54) is 11.3 Å². The largest absolute Gasteiger partial charge is 0.396 e. The maximum atomic E-state index is 13.2. The number of pyridine rings is 3. The fourth-order valence-electron chi connectivity index (χ4n) is 4.08. The quantitative estimate of drug-likeness (QED) is 0.422. The van der Waals surface area contributed by atoms with Crippen LogP contribution < -0.4 is 5.73 Å². The van der Waals surface area contributed by atoms with Crippen LogP contribution in [-0.4, -0.2) is 34.2 Å². The Balaban J connectivity index is 1.60. The molecular weight excluding hydrogens is 440 g/mol. The standard InChI is InChI=1S/C23H20N6OS2/c1-29-18(7-9-27-29)16-11-17(14-10-13-4-3-8-25-21(13)26-12-14)28-22-19(16)20(24)23(31-22)32(30)15-5-2-6-15/h3-4,7-12,15H,2,5-6,24H2,1H3. The molecule has 7 nitrogen and oxygen atoms in total. The van der Waals surface area contributed by atoms with Gasteiger partial charge in [0, 0.05) is 52.8 Å². The highest BCUT2D eigenvalue weighted by atomic mass is 32.2. The number of hydrogen-bond donors (Lipinski definition) is 1. The predicted octanol–water partition coefficient (Wildman–Crippen LogP) is 4.55. The number of nitrogen functional groups attached to an aromatic ring is 1. The molecule has 5 aromatic rings. The van der Waals surface area contributed by atoms with Gasteiger partial charge in [0.2, 0.25) is 0 Å². The topological polar surface area (TPSA) is 99.6 Å². The highest BCUT2D eigenvalue weighted by molar-refractivity contribution is 7.88. The van der Waals surface area contributed by atoms with Gasteiger partial charge in [-0.3, -0.25) is 8.89 Å². The number of aromatic nitrogens is 5. The molecule has 1 atom stereocenters.